The van der Waals surface area contributed by atoms with Crippen LogP contribution in [0.15, 0.2) is 18.2 Å². The van der Waals surface area contributed by atoms with Crippen LogP contribution in [0.3, 0.4) is 0 Å². The maximum Gasteiger partial charge on any atom is 0.129 e. The van der Waals surface area contributed by atoms with Gasteiger partial charge in [-0.25, -0.2) is 4.39 Å². The van der Waals surface area contributed by atoms with E-state index in [1.165, 1.54) is 6.07 Å². The number of rotatable bonds is 6. The molecule has 1 aromatic carbocycles. The normalized spacial score (nSPS) is 19.1. The van der Waals surface area contributed by atoms with Crippen LogP contribution in [0, 0.1) is 5.82 Å². The smallest absolute Gasteiger partial charge is 0.129 e. The summed E-state index contributed by atoms with van der Waals surface area (Å²) < 4.78 is 14.0. The van der Waals surface area contributed by atoms with E-state index in [1.807, 2.05) is 6.07 Å². The third-order valence-electron chi connectivity index (χ3n) is 3.72. The van der Waals surface area contributed by atoms with Crippen LogP contribution in [-0.2, 0) is 6.54 Å². The zero-order valence-corrected chi connectivity index (χ0v) is 11.5. The lowest BCUT2D eigenvalue weighted by Gasteiger charge is -2.28. The van der Waals surface area contributed by atoms with Crippen molar-refractivity contribution in [2.24, 2.45) is 0 Å². The quantitative estimate of drug-likeness (QED) is 0.775. The van der Waals surface area contributed by atoms with E-state index >= 15 is 0 Å². The first-order chi connectivity index (χ1) is 9.27. The molecular weight excluding hydrogens is 243 g/mol. The van der Waals surface area contributed by atoms with Gasteiger partial charge in [-0.2, -0.15) is 0 Å². The van der Waals surface area contributed by atoms with Crippen molar-refractivity contribution in [3.63, 3.8) is 0 Å². The average molecular weight is 266 g/mol. The Morgan fingerprint density at radius 3 is 3.05 bits per heavy atom. The molecule has 2 N–H and O–H groups in total. The zero-order chi connectivity index (χ0) is 13.7. The molecule has 1 atom stereocenters. The van der Waals surface area contributed by atoms with Crippen molar-refractivity contribution in [1.29, 1.82) is 0 Å². The molecule has 0 aromatic heterocycles. The standard InChI is InChI=1S/C15H23FN2O/c1-2-8-17-10-13-14(16)6-3-7-15(13)18-9-4-5-12(18)11-19/h3,6-7,12,17,19H,2,4-5,8-11H2,1H3. The number of hydrogen-bond donors (Lipinski definition) is 2. The molecule has 19 heavy (non-hydrogen) atoms. The maximum absolute atomic E-state index is 14.0. The third kappa shape index (κ3) is 3.25. The van der Waals surface area contributed by atoms with Gasteiger partial charge in [-0.1, -0.05) is 13.0 Å². The molecule has 1 fully saturated rings. The SMILES string of the molecule is CCCNCc1c(F)cccc1N1CCCC1CO. The molecule has 106 valence electrons. The first-order valence-corrected chi connectivity index (χ1v) is 7.13. The molecule has 1 aliphatic rings. The van der Waals surface area contributed by atoms with Gasteiger partial charge in [0.05, 0.1) is 12.6 Å². The van der Waals surface area contributed by atoms with E-state index in [9.17, 15) is 9.50 Å². The van der Waals surface area contributed by atoms with Crippen LogP contribution in [0.5, 0.6) is 0 Å². The van der Waals surface area contributed by atoms with Gasteiger partial charge >= 0.3 is 0 Å². The molecule has 0 bridgehead atoms. The summed E-state index contributed by atoms with van der Waals surface area (Å²) in [5.74, 6) is -0.162. The Morgan fingerprint density at radius 2 is 2.32 bits per heavy atom. The Labute approximate surface area is 114 Å². The maximum atomic E-state index is 14.0. The number of nitrogens with one attached hydrogen (secondary N) is 1. The second-order valence-corrected chi connectivity index (χ2v) is 5.09. The highest BCUT2D eigenvalue weighted by Gasteiger charge is 2.26. The molecule has 4 heteroatoms. The fraction of sp³-hybridized carbons (Fsp3) is 0.600. The number of benzene rings is 1. The van der Waals surface area contributed by atoms with Gasteiger partial charge in [-0.3, -0.25) is 0 Å². The molecule has 1 aromatic rings. The molecule has 0 amide bonds. The van der Waals surface area contributed by atoms with Gasteiger partial charge in [0.25, 0.3) is 0 Å². The van der Waals surface area contributed by atoms with Crippen LogP contribution in [0.25, 0.3) is 0 Å². The zero-order valence-electron chi connectivity index (χ0n) is 11.5. The largest absolute Gasteiger partial charge is 0.394 e. The molecule has 1 unspecified atom stereocenters. The summed E-state index contributed by atoms with van der Waals surface area (Å²) in [4.78, 5) is 2.14. The summed E-state index contributed by atoms with van der Waals surface area (Å²) in [5.41, 5.74) is 1.65. The molecule has 0 aliphatic carbocycles. The van der Waals surface area contributed by atoms with E-state index in [0.717, 1.165) is 43.6 Å². The molecule has 1 saturated heterocycles. The molecule has 1 aliphatic heterocycles. The van der Waals surface area contributed by atoms with Crippen molar-refractivity contribution in [3.8, 4) is 0 Å². The molecule has 0 spiro atoms. The van der Waals surface area contributed by atoms with Crippen LogP contribution < -0.4 is 10.2 Å². The highest BCUT2D eigenvalue weighted by molar-refractivity contribution is 5.55. The molecule has 0 saturated carbocycles. The van der Waals surface area contributed by atoms with Crippen molar-refractivity contribution in [2.75, 3.05) is 24.6 Å². The molecule has 3 nitrogen and oxygen atoms in total. The van der Waals surface area contributed by atoms with Gasteiger partial charge in [0.2, 0.25) is 0 Å². The van der Waals surface area contributed by atoms with E-state index in [4.69, 9.17) is 0 Å². The third-order valence-corrected chi connectivity index (χ3v) is 3.72. The minimum absolute atomic E-state index is 0.131. The van der Waals surface area contributed by atoms with E-state index < -0.39 is 0 Å². The predicted octanol–water partition coefficient (Wildman–Crippen LogP) is 2.29. The minimum Gasteiger partial charge on any atom is -0.394 e. The number of aliphatic hydroxyl groups excluding tert-OH is 1. The first kappa shape index (κ1) is 14.3. The second kappa shape index (κ2) is 6.87. The number of hydrogen-bond acceptors (Lipinski definition) is 3. The Kier molecular flexibility index (Phi) is 5.16. The van der Waals surface area contributed by atoms with E-state index in [2.05, 4.69) is 17.1 Å². The topological polar surface area (TPSA) is 35.5 Å². The van der Waals surface area contributed by atoms with Crippen molar-refractivity contribution >= 4 is 5.69 Å². The second-order valence-electron chi connectivity index (χ2n) is 5.09. The monoisotopic (exact) mass is 266 g/mol. The number of aliphatic hydroxyl groups is 1. The Bertz CT molecular complexity index is 411. The molecular formula is C15H23FN2O. The van der Waals surface area contributed by atoms with Gasteiger partial charge in [0, 0.05) is 24.3 Å². The Hall–Kier alpha value is -1.13. The van der Waals surface area contributed by atoms with Gasteiger partial charge in [0.1, 0.15) is 5.82 Å². The predicted molar refractivity (Wildman–Crippen MR) is 75.9 cm³/mol. The van der Waals surface area contributed by atoms with Crippen molar-refractivity contribution in [1.82, 2.24) is 5.32 Å². The van der Waals surface area contributed by atoms with E-state index in [1.54, 1.807) is 6.07 Å². The van der Waals surface area contributed by atoms with Gasteiger partial charge < -0.3 is 15.3 Å². The fourth-order valence-electron chi connectivity index (χ4n) is 2.72. The van der Waals surface area contributed by atoms with Crippen LogP contribution in [0.2, 0.25) is 0 Å². The van der Waals surface area contributed by atoms with Crippen molar-refractivity contribution in [2.45, 2.75) is 38.8 Å². The van der Waals surface area contributed by atoms with Gasteiger partial charge in [0.15, 0.2) is 0 Å². The van der Waals surface area contributed by atoms with Crippen molar-refractivity contribution in [3.05, 3.63) is 29.6 Å². The van der Waals surface area contributed by atoms with Gasteiger partial charge in [-0.15, -0.1) is 0 Å². The molecule has 2 rings (SSSR count). The Morgan fingerprint density at radius 1 is 1.47 bits per heavy atom. The van der Waals surface area contributed by atoms with E-state index in [0.29, 0.717) is 6.54 Å². The molecule has 1 heterocycles. The highest BCUT2D eigenvalue weighted by Crippen LogP contribution is 2.30. The molecule has 0 radical (unpaired) electrons. The first-order valence-electron chi connectivity index (χ1n) is 7.13. The Balaban J connectivity index is 2.21. The number of halogens is 1. The van der Waals surface area contributed by atoms with Crippen LogP contribution in [-0.4, -0.2) is 30.8 Å². The summed E-state index contributed by atoms with van der Waals surface area (Å²) in [7, 11) is 0. The van der Waals surface area contributed by atoms with Crippen LogP contribution in [0.1, 0.15) is 31.7 Å². The summed E-state index contributed by atoms with van der Waals surface area (Å²) in [6, 6.07) is 5.35. The minimum atomic E-state index is -0.162. The van der Waals surface area contributed by atoms with Crippen LogP contribution >= 0.6 is 0 Å². The summed E-state index contributed by atoms with van der Waals surface area (Å²) in [5, 5.41) is 12.7. The summed E-state index contributed by atoms with van der Waals surface area (Å²) in [6.45, 7) is 4.56. The lowest BCUT2D eigenvalue weighted by Crippen LogP contribution is -2.33. The average Bonchev–Trinajstić information content (AvgIpc) is 2.89. The van der Waals surface area contributed by atoms with Crippen molar-refractivity contribution < 1.29 is 9.50 Å². The highest BCUT2D eigenvalue weighted by atomic mass is 19.1. The lowest BCUT2D eigenvalue weighted by atomic mass is 10.1. The number of anilines is 1. The number of nitrogens with zero attached hydrogens (tertiary/aromatic N) is 1. The summed E-state index contributed by atoms with van der Waals surface area (Å²) >= 11 is 0. The fourth-order valence-corrected chi connectivity index (χ4v) is 2.72. The van der Waals surface area contributed by atoms with Crippen LogP contribution in [0.4, 0.5) is 10.1 Å². The lowest BCUT2D eigenvalue weighted by molar-refractivity contribution is 0.266. The van der Waals surface area contributed by atoms with Gasteiger partial charge in [-0.05, 0) is 37.9 Å². The van der Waals surface area contributed by atoms with E-state index in [-0.39, 0.29) is 18.5 Å². The summed E-state index contributed by atoms with van der Waals surface area (Å²) in [6.07, 6.45) is 3.07.